The number of rotatable bonds is 13. The van der Waals surface area contributed by atoms with Crippen molar-refractivity contribution in [2.45, 2.75) is 31.9 Å². The SMILES string of the molecule is [2H]C([2H])(CCN1CCOCC1)Oc1cc2ncnc(Nc3ccc(OCc4ccccn4)c(Cl)c3)c2cc1NC(=O)C1CCCN1C(=O)C=C. The Bertz CT molecular complexity index is 1850. The summed E-state index contributed by atoms with van der Waals surface area (Å²) in [4.78, 5) is 42.8. The monoisotopic (exact) mass is 673 g/mol. The van der Waals surface area contributed by atoms with Gasteiger partial charge in [0.05, 0.1) is 44.4 Å². The summed E-state index contributed by atoms with van der Waals surface area (Å²) in [5.74, 6) is 0.245. The van der Waals surface area contributed by atoms with Gasteiger partial charge >= 0.3 is 0 Å². The Kier molecular flexibility index (Phi) is 10.1. The Morgan fingerprint density at radius 2 is 1.96 bits per heavy atom. The molecule has 4 aromatic rings. The van der Waals surface area contributed by atoms with E-state index < -0.39 is 18.5 Å². The fourth-order valence-electron chi connectivity index (χ4n) is 5.63. The molecule has 2 amide bonds. The first-order chi connectivity index (χ1) is 24.2. The van der Waals surface area contributed by atoms with E-state index in [1.165, 1.54) is 17.3 Å². The van der Waals surface area contributed by atoms with Gasteiger partial charge in [0.2, 0.25) is 11.8 Å². The van der Waals surface area contributed by atoms with Crippen LogP contribution >= 0.6 is 11.6 Å². The van der Waals surface area contributed by atoms with Crippen LogP contribution in [-0.2, 0) is 20.9 Å². The lowest BCUT2D eigenvalue weighted by Gasteiger charge is -2.26. The summed E-state index contributed by atoms with van der Waals surface area (Å²) in [6.45, 7) is 5.29. The second-order valence-corrected chi connectivity index (χ2v) is 11.7. The van der Waals surface area contributed by atoms with Gasteiger partial charge in [-0.1, -0.05) is 24.2 Å². The molecule has 2 N–H and O–H groups in total. The maximum Gasteiger partial charge on any atom is 0.247 e. The maximum atomic E-state index is 13.6. The minimum atomic E-state index is -2.07. The largest absolute Gasteiger partial charge is 0.491 e. The van der Waals surface area contributed by atoms with Gasteiger partial charge in [0, 0.05) is 49.5 Å². The zero-order valence-corrected chi connectivity index (χ0v) is 27.1. The number of likely N-dealkylation sites (tertiary alicyclic amines) is 1. The molecule has 0 spiro atoms. The summed E-state index contributed by atoms with van der Waals surface area (Å²) >= 11 is 6.57. The number of aromatic nitrogens is 3. The predicted molar refractivity (Wildman–Crippen MR) is 184 cm³/mol. The Labute approximate surface area is 286 Å². The van der Waals surface area contributed by atoms with Gasteiger partial charge in [-0.2, -0.15) is 0 Å². The Morgan fingerprint density at radius 1 is 1.08 bits per heavy atom. The molecule has 12 nitrogen and oxygen atoms in total. The summed E-state index contributed by atoms with van der Waals surface area (Å²) in [7, 11) is 0. The van der Waals surface area contributed by atoms with Gasteiger partial charge < -0.3 is 29.7 Å². The van der Waals surface area contributed by atoms with Crippen LogP contribution in [0, 0.1) is 0 Å². The topological polar surface area (TPSA) is 131 Å². The second-order valence-electron chi connectivity index (χ2n) is 11.3. The molecule has 0 aliphatic carbocycles. The minimum absolute atomic E-state index is 0.0849. The molecular weight excluding hydrogens is 634 g/mol. The number of carbonyl (C=O) groups excluding carboxylic acids is 2. The van der Waals surface area contributed by atoms with Crippen LogP contribution in [-0.4, -0.2) is 88.6 Å². The molecular formula is C35H38ClN7O5. The molecule has 2 aromatic carbocycles. The molecule has 13 heteroatoms. The number of hydrogen-bond donors (Lipinski definition) is 2. The number of halogens is 1. The molecule has 250 valence electrons. The molecule has 4 heterocycles. The van der Waals surface area contributed by atoms with Gasteiger partial charge in [0.15, 0.2) is 0 Å². The molecule has 48 heavy (non-hydrogen) atoms. The third-order valence-corrected chi connectivity index (χ3v) is 8.42. The lowest BCUT2D eigenvalue weighted by atomic mass is 10.1. The molecule has 2 aromatic heterocycles. The number of ether oxygens (including phenoxy) is 3. The quantitative estimate of drug-likeness (QED) is 0.182. The molecule has 1 atom stereocenters. The molecule has 2 saturated heterocycles. The number of anilines is 3. The molecule has 0 radical (unpaired) electrons. The standard InChI is InChI=1S/C35H38ClN7O5/c1-2-33(44)43-13-5-8-30(43)35(45)41-29-20-26-28(21-32(29)47-16-6-12-42-14-17-46-18-15-42)38-23-39-34(26)40-24-9-10-31(27(36)19-24)48-22-25-7-3-4-11-37-25/h2-4,7,9-11,19-21,23,30H,1,5-6,8,12-18,22H2,(H,41,45)(H,38,39,40)/i16D2. The Morgan fingerprint density at radius 3 is 2.75 bits per heavy atom. The number of amides is 2. The van der Waals surface area contributed by atoms with E-state index in [4.69, 9.17) is 28.6 Å². The Balaban J connectivity index is 1.27. The fraction of sp³-hybridized carbons (Fsp3) is 0.343. The van der Waals surface area contributed by atoms with Crippen molar-refractivity contribution < 1.29 is 26.5 Å². The van der Waals surface area contributed by atoms with Gasteiger partial charge in [0.1, 0.15) is 36.3 Å². The highest BCUT2D eigenvalue weighted by molar-refractivity contribution is 6.32. The van der Waals surface area contributed by atoms with Gasteiger partial charge in [-0.3, -0.25) is 19.5 Å². The van der Waals surface area contributed by atoms with Crippen LogP contribution < -0.4 is 20.1 Å². The number of fused-ring (bicyclic) bond motifs is 1. The maximum absolute atomic E-state index is 13.6. The van der Waals surface area contributed by atoms with Crippen molar-refractivity contribution in [3.05, 3.63) is 84.4 Å². The van der Waals surface area contributed by atoms with Crippen molar-refractivity contribution >= 4 is 51.5 Å². The third-order valence-electron chi connectivity index (χ3n) is 8.12. The first-order valence-corrected chi connectivity index (χ1v) is 16.2. The fourth-order valence-corrected chi connectivity index (χ4v) is 5.86. The van der Waals surface area contributed by atoms with Crippen LogP contribution in [0.25, 0.3) is 10.9 Å². The number of nitrogens with zero attached hydrogens (tertiary/aromatic N) is 5. The lowest BCUT2D eigenvalue weighted by Crippen LogP contribution is -2.42. The first-order valence-electron chi connectivity index (χ1n) is 16.8. The zero-order valence-electron chi connectivity index (χ0n) is 28.4. The summed E-state index contributed by atoms with van der Waals surface area (Å²) in [6.07, 6.45) is 5.50. The predicted octanol–water partition coefficient (Wildman–Crippen LogP) is 5.22. The molecule has 2 aliphatic rings. The number of benzene rings is 2. The van der Waals surface area contributed by atoms with Crippen molar-refractivity contribution in [3.63, 3.8) is 0 Å². The van der Waals surface area contributed by atoms with Crippen LogP contribution in [0.1, 0.15) is 27.7 Å². The summed E-state index contributed by atoms with van der Waals surface area (Å²) in [5.41, 5.74) is 2.05. The smallest absolute Gasteiger partial charge is 0.247 e. The summed E-state index contributed by atoms with van der Waals surface area (Å²) in [5, 5.41) is 7.08. The molecule has 0 bridgehead atoms. The summed E-state index contributed by atoms with van der Waals surface area (Å²) < 4.78 is 34.6. The third kappa shape index (κ3) is 8.19. The number of carbonyl (C=O) groups is 2. The average molecular weight is 674 g/mol. The number of nitrogens with one attached hydrogen (secondary N) is 2. The van der Waals surface area contributed by atoms with E-state index in [9.17, 15) is 9.59 Å². The second kappa shape index (κ2) is 15.9. The Hall–Kier alpha value is -4.78. The van der Waals surface area contributed by atoms with Crippen LogP contribution in [0.3, 0.4) is 0 Å². The van der Waals surface area contributed by atoms with E-state index in [0.29, 0.717) is 85.4 Å². The first kappa shape index (κ1) is 30.5. The van der Waals surface area contributed by atoms with Crippen LogP contribution in [0.5, 0.6) is 11.5 Å². The molecule has 1 unspecified atom stereocenters. The summed E-state index contributed by atoms with van der Waals surface area (Å²) in [6, 6.07) is 13.3. The highest BCUT2D eigenvalue weighted by Gasteiger charge is 2.33. The zero-order chi connectivity index (χ0) is 35.1. The van der Waals surface area contributed by atoms with E-state index in [2.05, 4.69) is 37.1 Å². The number of hydrogen-bond acceptors (Lipinski definition) is 10. The van der Waals surface area contributed by atoms with Crippen molar-refractivity contribution in [3.8, 4) is 11.5 Å². The average Bonchev–Trinajstić information content (AvgIpc) is 3.62. The highest BCUT2D eigenvalue weighted by Crippen LogP contribution is 2.35. The number of morpholine rings is 1. The van der Waals surface area contributed by atoms with Crippen molar-refractivity contribution in [2.24, 2.45) is 0 Å². The van der Waals surface area contributed by atoms with Crippen molar-refractivity contribution in [1.82, 2.24) is 24.8 Å². The van der Waals surface area contributed by atoms with Crippen LogP contribution in [0.4, 0.5) is 17.2 Å². The molecule has 0 saturated carbocycles. The molecule has 6 rings (SSSR count). The van der Waals surface area contributed by atoms with E-state index in [-0.39, 0.29) is 30.4 Å². The van der Waals surface area contributed by atoms with E-state index in [1.807, 2.05) is 18.2 Å². The molecule has 2 aliphatic heterocycles. The highest BCUT2D eigenvalue weighted by atomic mass is 35.5. The van der Waals surface area contributed by atoms with Gasteiger partial charge in [-0.05, 0) is 61.7 Å². The van der Waals surface area contributed by atoms with Gasteiger partial charge in [-0.15, -0.1) is 0 Å². The van der Waals surface area contributed by atoms with Crippen LogP contribution in [0.15, 0.2) is 73.7 Å². The van der Waals surface area contributed by atoms with E-state index in [1.54, 1.807) is 36.5 Å². The van der Waals surface area contributed by atoms with Gasteiger partial charge in [0.25, 0.3) is 0 Å². The normalized spacial score (nSPS) is 17.4. The van der Waals surface area contributed by atoms with Gasteiger partial charge in [-0.25, -0.2) is 9.97 Å². The molecule has 2 fully saturated rings. The van der Waals surface area contributed by atoms with E-state index in [0.717, 1.165) is 5.69 Å². The van der Waals surface area contributed by atoms with Crippen LogP contribution in [0.2, 0.25) is 5.02 Å². The lowest BCUT2D eigenvalue weighted by molar-refractivity contribution is -0.132. The van der Waals surface area contributed by atoms with Crippen molar-refractivity contribution in [2.75, 3.05) is 56.6 Å². The van der Waals surface area contributed by atoms with Crippen molar-refractivity contribution in [1.29, 1.82) is 0 Å². The van der Waals surface area contributed by atoms with E-state index >= 15 is 0 Å². The minimum Gasteiger partial charge on any atom is -0.491 e. The number of pyridine rings is 1.